The Bertz CT molecular complexity index is 1210. The van der Waals surface area contributed by atoms with Gasteiger partial charge in [-0.1, -0.05) is 30.3 Å². The van der Waals surface area contributed by atoms with Crippen molar-refractivity contribution < 1.29 is 43.8 Å². The molecule has 0 fully saturated rings. The predicted octanol–water partition coefficient (Wildman–Crippen LogP) is -1.88. The van der Waals surface area contributed by atoms with E-state index in [0.717, 1.165) is 0 Å². The van der Waals surface area contributed by atoms with Gasteiger partial charge in [0.25, 0.3) is 0 Å². The van der Waals surface area contributed by atoms with Crippen LogP contribution in [0.5, 0.6) is 0 Å². The molecule has 16 heteroatoms. The molecule has 1 aromatic rings. The van der Waals surface area contributed by atoms with Crippen molar-refractivity contribution in [2.75, 3.05) is 6.54 Å². The topological polar surface area (TPSA) is 272 Å². The molecule has 0 spiro atoms. The molecule has 5 amide bonds. The number of carbonyl (C=O) groups excluding carboxylic acids is 5. The second kappa shape index (κ2) is 18.3. The number of benzene rings is 1. The standard InChI is InChI=1S/C29H45N7O9/c1-16(33-28(45)29(3,4)36-24(40)17(2)32-25(41)19(31)15-22(37)38)23(39)35-21(14-18-10-6-5-7-11-18)26(42)34-20(27(43)44)12-8-9-13-30/h5-7,10-11,16-17,19-21H,8-9,12-15,30-31H2,1-4H3,(H,32,41)(H,33,45)(H,34,42)(H,35,39)(H,36,40)(H,37,38)(H,43,44)/t16-,17-,19-,20-,21-/m0/s1. The minimum atomic E-state index is -1.58. The molecule has 16 nitrogen and oxygen atoms in total. The van der Waals surface area contributed by atoms with Crippen LogP contribution in [0.15, 0.2) is 30.3 Å². The third-order valence-corrected chi connectivity index (χ3v) is 6.70. The summed E-state index contributed by atoms with van der Waals surface area (Å²) in [4.78, 5) is 86.5. The molecule has 1 aromatic carbocycles. The molecule has 250 valence electrons. The average Bonchev–Trinajstić information content (AvgIpc) is 2.95. The first kappa shape index (κ1) is 38.5. The molecule has 5 atom stereocenters. The second-order valence-corrected chi connectivity index (χ2v) is 11.2. The first-order valence-electron chi connectivity index (χ1n) is 14.5. The van der Waals surface area contributed by atoms with Crippen molar-refractivity contribution in [3.8, 4) is 0 Å². The Balaban J connectivity index is 2.91. The molecule has 0 heterocycles. The lowest BCUT2D eigenvalue weighted by molar-refractivity contribution is -0.142. The molecule has 1 rings (SSSR count). The summed E-state index contributed by atoms with van der Waals surface area (Å²) in [5.74, 6) is -6.40. The number of unbranched alkanes of at least 4 members (excludes halogenated alkanes) is 1. The molecule has 0 saturated carbocycles. The minimum Gasteiger partial charge on any atom is -0.481 e. The Morgan fingerprint density at radius 2 is 1.36 bits per heavy atom. The van der Waals surface area contributed by atoms with Gasteiger partial charge in [0.05, 0.1) is 12.5 Å². The highest BCUT2D eigenvalue weighted by molar-refractivity contribution is 5.97. The zero-order chi connectivity index (χ0) is 34.3. The summed E-state index contributed by atoms with van der Waals surface area (Å²) in [6.45, 7) is 5.77. The minimum absolute atomic E-state index is 0.0372. The summed E-state index contributed by atoms with van der Waals surface area (Å²) < 4.78 is 0. The zero-order valence-corrected chi connectivity index (χ0v) is 25.9. The number of nitrogens with two attached hydrogens (primary N) is 2. The van der Waals surface area contributed by atoms with Gasteiger partial charge in [-0.3, -0.25) is 28.8 Å². The van der Waals surface area contributed by atoms with Gasteiger partial charge in [-0.2, -0.15) is 0 Å². The Morgan fingerprint density at radius 3 is 1.91 bits per heavy atom. The molecule has 0 aliphatic carbocycles. The molecule has 0 aromatic heterocycles. The third-order valence-electron chi connectivity index (χ3n) is 6.70. The van der Waals surface area contributed by atoms with Crippen molar-refractivity contribution in [1.82, 2.24) is 26.6 Å². The molecule has 0 aliphatic heterocycles. The van der Waals surface area contributed by atoms with Gasteiger partial charge in [0.2, 0.25) is 29.5 Å². The predicted molar refractivity (Wildman–Crippen MR) is 162 cm³/mol. The fraction of sp³-hybridized carbons (Fsp3) is 0.552. The van der Waals surface area contributed by atoms with E-state index in [9.17, 15) is 38.7 Å². The monoisotopic (exact) mass is 635 g/mol. The highest BCUT2D eigenvalue weighted by atomic mass is 16.4. The summed E-state index contributed by atoms with van der Waals surface area (Å²) in [6, 6.07) is 2.62. The summed E-state index contributed by atoms with van der Waals surface area (Å²) in [5.41, 5.74) is 10.1. The van der Waals surface area contributed by atoms with Crippen LogP contribution in [0.25, 0.3) is 0 Å². The number of rotatable bonds is 19. The van der Waals surface area contributed by atoms with E-state index in [1.165, 1.54) is 27.7 Å². The summed E-state index contributed by atoms with van der Waals surface area (Å²) in [7, 11) is 0. The van der Waals surface area contributed by atoms with Crippen LogP contribution < -0.4 is 38.1 Å². The molecule has 0 aliphatic rings. The van der Waals surface area contributed by atoms with Crippen LogP contribution in [0.3, 0.4) is 0 Å². The van der Waals surface area contributed by atoms with Crippen LogP contribution in [0.2, 0.25) is 0 Å². The van der Waals surface area contributed by atoms with Gasteiger partial charge >= 0.3 is 11.9 Å². The molecular formula is C29H45N7O9. The van der Waals surface area contributed by atoms with Crippen LogP contribution in [0.1, 0.15) is 58.9 Å². The van der Waals surface area contributed by atoms with Crippen molar-refractivity contribution in [3.05, 3.63) is 35.9 Å². The van der Waals surface area contributed by atoms with Gasteiger partial charge < -0.3 is 48.3 Å². The Hall–Kier alpha value is -4.57. The van der Waals surface area contributed by atoms with Crippen LogP contribution in [0.4, 0.5) is 0 Å². The van der Waals surface area contributed by atoms with E-state index >= 15 is 0 Å². The first-order chi connectivity index (χ1) is 21.0. The normalized spacial score (nSPS) is 14.4. The number of carboxylic acid groups (broad SMARTS) is 2. The smallest absolute Gasteiger partial charge is 0.326 e. The summed E-state index contributed by atoms with van der Waals surface area (Å²) >= 11 is 0. The first-order valence-corrected chi connectivity index (χ1v) is 14.5. The maximum absolute atomic E-state index is 13.2. The van der Waals surface area contributed by atoms with Crippen molar-refractivity contribution in [3.63, 3.8) is 0 Å². The van der Waals surface area contributed by atoms with E-state index in [4.69, 9.17) is 16.6 Å². The third kappa shape index (κ3) is 13.7. The molecular weight excluding hydrogens is 590 g/mol. The van der Waals surface area contributed by atoms with Crippen LogP contribution in [-0.4, -0.2) is 94.0 Å². The van der Waals surface area contributed by atoms with Crippen molar-refractivity contribution in [2.24, 2.45) is 11.5 Å². The highest BCUT2D eigenvalue weighted by Gasteiger charge is 2.34. The number of nitrogens with one attached hydrogen (secondary N) is 5. The van der Waals surface area contributed by atoms with E-state index in [1.807, 2.05) is 0 Å². The number of carboxylic acids is 2. The molecule has 45 heavy (non-hydrogen) atoms. The van der Waals surface area contributed by atoms with Crippen LogP contribution >= 0.6 is 0 Å². The fourth-order valence-corrected chi connectivity index (χ4v) is 3.96. The fourth-order valence-electron chi connectivity index (χ4n) is 3.96. The number of hydrogen-bond donors (Lipinski definition) is 9. The second-order valence-electron chi connectivity index (χ2n) is 11.2. The number of hydrogen-bond acceptors (Lipinski definition) is 9. The molecule has 0 unspecified atom stereocenters. The Kier molecular flexibility index (Phi) is 15.6. The van der Waals surface area contributed by atoms with Gasteiger partial charge in [-0.05, 0) is 59.1 Å². The number of aliphatic carboxylic acids is 2. The quantitative estimate of drug-likeness (QED) is 0.0759. The van der Waals surface area contributed by atoms with Gasteiger partial charge in [0.1, 0.15) is 29.7 Å². The Morgan fingerprint density at radius 1 is 0.778 bits per heavy atom. The maximum atomic E-state index is 13.2. The average molecular weight is 636 g/mol. The lowest BCUT2D eigenvalue weighted by atomic mass is 10.0. The lowest BCUT2D eigenvalue weighted by Crippen LogP contribution is -2.62. The molecule has 0 radical (unpaired) electrons. The van der Waals surface area contributed by atoms with E-state index in [2.05, 4.69) is 26.6 Å². The zero-order valence-electron chi connectivity index (χ0n) is 25.9. The molecule has 11 N–H and O–H groups in total. The van der Waals surface area contributed by atoms with E-state index in [1.54, 1.807) is 30.3 Å². The van der Waals surface area contributed by atoms with Gasteiger partial charge in [0.15, 0.2) is 0 Å². The van der Waals surface area contributed by atoms with E-state index in [0.29, 0.717) is 24.9 Å². The number of carbonyl (C=O) groups is 7. The van der Waals surface area contributed by atoms with Gasteiger partial charge in [-0.15, -0.1) is 0 Å². The van der Waals surface area contributed by atoms with E-state index in [-0.39, 0.29) is 12.8 Å². The lowest BCUT2D eigenvalue weighted by Gasteiger charge is -2.29. The molecule has 0 saturated heterocycles. The molecule has 0 bridgehead atoms. The van der Waals surface area contributed by atoms with Crippen molar-refractivity contribution >= 4 is 41.5 Å². The largest absolute Gasteiger partial charge is 0.481 e. The highest BCUT2D eigenvalue weighted by Crippen LogP contribution is 2.08. The summed E-state index contributed by atoms with van der Waals surface area (Å²) in [5, 5.41) is 30.6. The Labute approximate surface area is 261 Å². The van der Waals surface area contributed by atoms with Crippen molar-refractivity contribution in [1.29, 1.82) is 0 Å². The van der Waals surface area contributed by atoms with E-state index < -0.39 is 83.6 Å². The van der Waals surface area contributed by atoms with Crippen LogP contribution in [-0.2, 0) is 40.0 Å². The number of amides is 5. The maximum Gasteiger partial charge on any atom is 0.326 e. The SMILES string of the molecule is C[C@H](NC(=O)[C@@H](N)CC(=O)O)C(=O)NC(C)(C)C(=O)N[C@@H](C)C(=O)N[C@@H](Cc1ccccc1)C(=O)N[C@@H](CCCCN)C(=O)O. The van der Waals surface area contributed by atoms with Crippen molar-refractivity contribution in [2.45, 2.75) is 95.5 Å². The van der Waals surface area contributed by atoms with Gasteiger partial charge in [0, 0.05) is 6.42 Å². The van der Waals surface area contributed by atoms with Crippen LogP contribution in [0, 0.1) is 0 Å². The van der Waals surface area contributed by atoms with Gasteiger partial charge in [-0.25, -0.2) is 4.79 Å². The summed E-state index contributed by atoms with van der Waals surface area (Å²) in [6.07, 6.45) is 0.593.